The number of carbonyl (C=O) groups is 1. The smallest absolute Gasteiger partial charge is 0.229 e. The molecule has 330 valence electrons. The minimum Gasteiger partial charge on any atom is -0.747 e. The molecule has 2 fully saturated rings. The molecule has 0 radical (unpaired) electrons. The van der Waals surface area contributed by atoms with Crippen molar-refractivity contribution in [3.8, 4) is 0 Å². The molecule has 0 aromatic heterocycles. The largest absolute Gasteiger partial charge is 0.747 e. The molecule has 1 amide bonds. The van der Waals surface area contributed by atoms with Crippen molar-refractivity contribution in [3.05, 3.63) is 71.5 Å². The van der Waals surface area contributed by atoms with E-state index in [1.165, 1.54) is 12.1 Å². The molecule has 18 nitrogen and oxygen atoms in total. The zero-order valence-corrected chi connectivity index (χ0v) is 36.8. The number of likely N-dealkylation sites (tertiary alicyclic amines) is 2. The zero-order chi connectivity index (χ0) is 43.5. The number of carbonyl (C=O) groups excluding carboxylic acids is 1. The Labute approximate surface area is 360 Å². The van der Waals surface area contributed by atoms with E-state index in [1.807, 2.05) is 42.2 Å². The third-order valence-electron chi connectivity index (χ3n) is 11.9. The van der Waals surface area contributed by atoms with Gasteiger partial charge in [0.25, 0.3) is 0 Å². The molecule has 6 rings (SSSR count). The van der Waals surface area contributed by atoms with E-state index in [1.54, 1.807) is 21.9 Å². The lowest BCUT2D eigenvalue weighted by Crippen LogP contribution is -2.47. The fourth-order valence-electron chi connectivity index (χ4n) is 9.31. The van der Waals surface area contributed by atoms with Crippen LogP contribution in [0.3, 0.4) is 0 Å². The van der Waals surface area contributed by atoms with Crippen molar-refractivity contribution in [1.29, 1.82) is 0 Å². The number of thiol groups is 1. The van der Waals surface area contributed by atoms with Crippen LogP contribution < -0.4 is 14.9 Å². The number of allylic oxidation sites excluding steroid dienone is 4. The fraction of sp³-hybridized carbons (Fsp3) is 0.514. The maximum absolute atomic E-state index is 12.2. The fourth-order valence-corrected chi connectivity index (χ4v) is 11.7. The second kappa shape index (κ2) is 18.8. The summed E-state index contributed by atoms with van der Waals surface area (Å²) in [4.78, 5) is 17.2. The first kappa shape index (κ1) is 46.6. The van der Waals surface area contributed by atoms with E-state index >= 15 is 0 Å². The first-order valence-corrected chi connectivity index (χ1v) is 25.0. The van der Waals surface area contributed by atoms with Crippen LogP contribution in [-0.4, -0.2) is 116 Å². The SMILES string of the molecule is CCN1C(=CC=CC2=[N+](CCCCCC(=O)NS)c3ccc(SOO[O-])cc3C23CCN(CS(=O)(=O)[O-])CC3)C2(CCN(CS(=O)(=O)[O-])CC2)c2cc(S(=O)(=O)[O-])ccc21. The molecule has 4 aliphatic heterocycles. The van der Waals surface area contributed by atoms with Gasteiger partial charge in [0.1, 0.15) is 36.9 Å². The third-order valence-corrected chi connectivity index (χ3v) is 14.9. The van der Waals surface area contributed by atoms with Gasteiger partial charge in [0.05, 0.1) is 34.1 Å². The van der Waals surface area contributed by atoms with Crippen LogP contribution in [0.15, 0.2) is 70.1 Å². The first-order chi connectivity index (χ1) is 28.3. The van der Waals surface area contributed by atoms with Gasteiger partial charge in [0, 0.05) is 85.0 Å². The Balaban J connectivity index is 1.45. The Hall–Kier alpha value is -2.91. The molecule has 0 atom stereocenters. The molecule has 1 N–H and O–H groups in total. The standard InChI is InChI=1S/C37H49N5O13S5/c1-2-41-31-13-11-28(60(51,52)53)24-30(31)37(16-21-40(22-17-37)26-59(48,49)50)33(41)7-6-8-34-36(14-19-39(20-15-36)25-58(45,46)47)29-23-27(57-55-54-44)10-12-32(29)42(34)18-5-3-4-9-35(43)38-56/h6-8,10-13,23-24H,2-5,9,14-22,25-26H2,1H3,(H5-,38,43,44,45,46,47,48,49,50,51,52,53,56)/p-3. The molecule has 0 aliphatic carbocycles. The number of rotatable bonds is 17. The van der Waals surface area contributed by atoms with E-state index in [2.05, 4.69) is 31.5 Å². The summed E-state index contributed by atoms with van der Waals surface area (Å²) in [6.07, 6.45) is 9.68. The average molecular weight is 929 g/mol. The van der Waals surface area contributed by atoms with Gasteiger partial charge in [-0.05, 0) is 87.4 Å². The molecule has 60 heavy (non-hydrogen) atoms. The topological polar surface area (TPSA) is 255 Å². The number of likely N-dealkylation sites (N-methyl/N-ethyl adjacent to an activating group) is 1. The van der Waals surface area contributed by atoms with Crippen LogP contribution in [0.5, 0.6) is 0 Å². The lowest BCUT2D eigenvalue weighted by atomic mass is 9.70. The quantitative estimate of drug-likeness (QED) is 0.0438. The number of hydrogen-bond donors (Lipinski definition) is 2. The number of piperidine rings is 2. The van der Waals surface area contributed by atoms with Crippen LogP contribution in [-0.2, 0) is 55.4 Å². The Morgan fingerprint density at radius 1 is 0.883 bits per heavy atom. The van der Waals surface area contributed by atoms with Crippen molar-refractivity contribution in [2.24, 2.45) is 0 Å². The van der Waals surface area contributed by atoms with Gasteiger partial charge < -0.3 is 28.5 Å². The second-order valence-electron chi connectivity index (χ2n) is 15.3. The van der Waals surface area contributed by atoms with Crippen LogP contribution in [0, 0.1) is 0 Å². The Bertz CT molecular complexity index is 2370. The first-order valence-electron chi connectivity index (χ1n) is 19.3. The highest BCUT2D eigenvalue weighted by molar-refractivity contribution is 7.94. The van der Waals surface area contributed by atoms with Crippen molar-refractivity contribution in [3.63, 3.8) is 0 Å². The average Bonchev–Trinajstić information content (AvgIpc) is 3.58. The molecule has 0 unspecified atom stereocenters. The van der Waals surface area contributed by atoms with Crippen LogP contribution >= 0.6 is 24.9 Å². The van der Waals surface area contributed by atoms with Gasteiger partial charge in [-0.25, -0.2) is 25.3 Å². The van der Waals surface area contributed by atoms with Gasteiger partial charge >= 0.3 is 0 Å². The van der Waals surface area contributed by atoms with Gasteiger partial charge in [-0.2, -0.15) is 8.91 Å². The molecule has 2 spiro atoms. The Kier molecular flexibility index (Phi) is 14.6. The number of unbranched alkanes of at least 4 members (excludes halogenated alkanes) is 2. The maximum atomic E-state index is 12.2. The summed E-state index contributed by atoms with van der Waals surface area (Å²) in [5, 5.41) is 14.4. The highest BCUT2D eigenvalue weighted by atomic mass is 32.2. The molecule has 4 heterocycles. The van der Waals surface area contributed by atoms with E-state index < -0.39 is 52.9 Å². The molecule has 23 heteroatoms. The number of anilines is 1. The molecule has 2 aromatic carbocycles. The van der Waals surface area contributed by atoms with Crippen LogP contribution in [0.4, 0.5) is 11.4 Å². The van der Waals surface area contributed by atoms with E-state index in [0.717, 1.165) is 41.1 Å². The summed E-state index contributed by atoms with van der Waals surface area (Å²) in [6, 6.07) is 9.88. The minimum absolute atomic E-state index is 0.187. The van der Waals surface area contributed by atoms with Crippen molar-refractivity contribution >= 4 is 78.2 Å². The summed E-state index contributed by atoms with van der Waals surface area (Å²) in [5.74, 6) is -1.49. The second-order valence-corrected chi connectivity index (χ2v) is 20.5. The van der Waals surface area contributed by atoms with Crippen LogP contribution in [0.1, 0.15) is 69.4 Å². The lowest BCUT2D eigenvalue weighted by molar-refractivity contribution is -0.777. The number of nitrogens with one attached hydrogen (secondary N) is 1. The minimum atomic E-state index is -4.82. The summed E-state index contributed by atoms with van der Waals surface area (Å²) in [5.41, 5.74) is 3.25. The molecule has 2 saturated heterocycles. The van der Waals surface area contributed by atoms with Crippen molar-refractivity contribution < 1.29 is 62.9 Å². The molecule has 0 saturated carbocycles. The predicted octanol–water partition coefficient (Wildman–Crippen LogP) is 2.09. The van der Waals surface area contributed by atoms with E-state index in [4.69, 9.17) is 0 Å². The Morgan fingerprint density at radius 2 is 1.52 bits per heavy atom. The van der Waals surface area contributed by atoms with E-state index in [0.29, 0.717) is 74.2 Å². The highest BCUT2D eigenvalue weighted by Crippen LogP contribution is 2.54. The lowest BCUT2D eigenvalue weighted by Gasteiger charge is -2.41. The molecular formula is C37H46N5O13S5-3. The van der Waals surface area contributed by atoms with E-state index in [-0.39, 0.29) is 37.0 Å². The summed E-state index contributed by atoms with van der Waals surface area (Å²) in [7, 11) is -13.9. The molecule has 0 bridgehead atoms. The van der Waals surface area contributed by atoms with Gasteiger partial charge in [0.2, 0.25) is 11.6 Å². The number of nitrogens with zero attached hydrogens (tertiary/aromatic N) is 4. The van der Waals surface area contributed by atoms with E-state index in [9.17, 15) is 49.0 Å². The normalized spacial score (nSPS) is 20.2. The van der Waals surface area contributed by atoms with Gasteiger partial charge in [-0.3, -0.25) is 19.6 Å². The van der Waals surface area contributed by atoms with Gasteiger partial charge in [-0.1, -0.05) is 18.9 Å². The molecule has 2 aromatic rings. The number of hydrogen-bond acceptors (Lipinski definition) is 18. The van der Waals surface area contributed by atoms with Crippen LogP contribution in [0.25, 0.3) is 0 Å². The third kappa shape index (κ3) is 10.3. The summed E-state index contributed by atoms with van der Waals surface area (Å²) < 4.78 is 116. The predicted molar refractivity (Wildman–Crippen MR) is 219 cm³/mol. The van der Waals surface area contributed by atoms with Crippen molar-refractivity contribution in [1.82, 2.24) is 14.5 Å². The van der Waals surface area contributed by atoms with Crippen molar-refractivity contribution in [2.75, 3.05) is 55.9 Å². The maximum Gasteiger partial charge on any atom is 0.229 e. The van der Waals surface area contributed by atoms with Crippen LogP contribution in [0.2, 0.25) is 0 Å². The monoisotopic (exact) mass is 928 g/mol. The summed E-state index contributed by atoms with van der Waals surface area (Å²) >= 11 is 4.58. The summed E-state index contributed by atoms with van der Waals surface area (Å²) in [6.45, 7) is 3.93. The highest BCUT2D eigenvalue weighted by Gasteiger charge is 2.53. The number of fused-ring (bicyclic) bond motifs is 4. The van der Waals surface area contributed by atoms with Gasteiger partial charge in [0.15, 0.2) is 5.71 Å². The molecule has 4 aliphatic rings. The number of amides is 1. The Morgan fingerprint density at radius 3 is 2.08 bits per heavy atom. The van der Waals surface area contributed by atoms with Crippen molar-refractivity contribution in [2.45, 2.75) is 78.9 Å². The zero-order valence-electron chi connectivity index (χ0n) is 32.7. The molecular weight excluding hydrogens is 883 g/mol. The van der Waals surface area contributed by atoms with Gasteiger partial charge in [-0.15, -0.1) is 0 Å². The number of benzene rings is 2.